The van der Waals surface area contributed by atoms with Gasteiger partial charge in [0.1, 0.15) is 16.8 Å². The smallest absolute Gasteiger partial charge is 0.137 e. The van der Waals surface area contributed by atoms with Crippen LogP contribution in [0.4, 0.5) is 5.82 Å². The molecule has 1 aromatic heterocycles. The lowest BCUT2D eigenvalue weighted by atomic mass is 9.85. The van der Waals surface area contributed by atoms with Crippen LogP contribution in [0.25, 0.3) is 0 Å². The fourth-order valence-corrected chi connectivity index (χ4v) is 3.56. The van der Waals surface area contributed by atoms with Crippen LogP contribution in [0, 0.1) is 12.8 Å². The van der Waals surface area contributed by atoms with Crippen LogP contribution in [-0.2, 0) is 0 Å². The third-order valence-corrected chi connectivity index (χ3v) is 5.29. The first kappa shape index (κ1) is 14.1. The van der Waals surface area contributed by atoms with Crippen LogP contribution in [0.2, 0.25) is 5.15 Å². The van der Waals surface area contributed by atoms with Crippen molar-refractivity contribution < 1.29 is 0 Å². The van der Waals surface area contributed by atoms with Crippen LogP contribution >= 0.6 is 11.6 Å². The van der Waals surface area contributed by atoms with Crippen molar-refractivity contribution in [1.29, 1.82) is 0 Å². The molecule has 0 aliphatic heterocycles. The molecule has 20 heavy (non-hydrogen) atoms. The summed E-state index contributed by atoms with van der Waals surface area (Å²) in [7, 11) is 2.18. The Hall–Kier alpha value is -0.830. The summed E-state index contributed by atoms with van der Waals surface area (Å²) in [5.41, 5.74) is 1.02. The molecular weight excluding hydrogens is 270 g/mol. The van der Waals surface area contributed by atoms with Gasteiger partial charge in [-0.25, -0.2) is 9.97 Å². The number of anilines is 1. The normalized spacial score (nSPS) is 26.6. The molecule has 1 aromatic rings. The van der Waals surface area contributed by atoms with Crippen LogP contribution in [0.3, 0.4) is 0 Å². The lowest BCUT2D eigenvalue weighted by Gasteiger charge is -2.37. The zero-order chi connectivity index (χ0) is 14.3. The van der Waals surface area contributed by atoms with Crippen LogP contribution in [0.15, 0.2) is 0 Å². The van der Waals surface area contributed by atoms with E-state index in [-0.39, 0.29) is 0 Å². The van der Waals surface area contributed by atoms with E-state index >= 15 is 0 Å². The maximum atomic E-state index is 6.33. The molecule has 2 fully saturated rings. The van der Waals surface area contributed by atoms with Crippen LogP contribution < -0.4 is 4.90 Å². The van der Waals surface area contributed by atoms with Crippen LogP contribution in [-0.4, -0.2) is 23.1 Å². The van der Waals surface area contributed by atoms with Crippen molar-refractivity contribution >= 4 is 17.4 Å². The van der Waals surface area contributed by atoms with Gasteiger partial charge in [0.2, 0.25) is 0 Å². The van der Waals surface area contributed by atoms with E-state index in [4.69, 9.17) is 16.6 Å². The van der Waals surface area contributed by atoms with Gasteiger partial charge in [-0.2, -0.15) is 0 Å². The molecule has 0 N–H and O–H groups in total. The maximum absolute atomic E-state index is 6.33. The van der Waals surface area contributed by atoms with E-state index in [9.17, 15) is 0 Å². The van der Waals surface area contributed by atoms with Gasteiger partial charge in [0.05, 0.1) is 0 Å². The van der Waals surface area contributed by atoms with Gasteiger partial charge in [0.15, 0.2) is 0 Å². The first-order valence-corrected chi connectivity index (χ1v) is 8.22. The molecule has 4 heteroatoms. The molecule has 0 aromatic carbocycles. The zero-order valence-electron chi connectivity index (χ0n) is 12.7. The van der Waals surface area contributed by atoms with E-state index in [2.05, 4.69) is 23.9 Å². The van der Waals surface area contributed by atoms with Crippen molar-refractivity contribution in [2.24, 2.45) is 5.92 Å². The molecule has 2 aliphatic rings. The Bertz CT molecular complexity index is 499. The molecule has 0 radical (unpaired) electrons. The fraction of sp³-hybridized carbons (Fsp3) is 0.750. The summed E-state index contributed by atoms with van der Waals surface area (Å²) in [6.45, 7) is 4.40. The molecule has 3 nitrogen and oxygen atoms in total. The third kappa shape index (κ3) is 2.65. The topological polar surface area (TPSA) is 29.0 Å². The average Bonchev–Trinajstić information content (AvgIpc) is 3.26. The minimum Gasteiger partial charge on any atom is -0.356 e. The van der Waals surface area contributed by atoms with E-state index in [1.807, 2.05) is 6.92 Å². The summed E-state index contributed by atoms with van der Waals surface area (Å²) in [5, 5.41) is 0.632. The molecule has 0 spiro atoms. The summed E-state index contributed by atoms with van der Waals surface area (Å²) < 4.78 is 0. The van der Waals surface area contributed by atoms with Gasteiger partial charge in [0.25, 0.3) is 0 Å². The van der Waals surface area contributed by atoms with Gasteiger partial charge in [0, 0.05) is 24.6 Å². The molecule has 2 saturated carbocycles. The Morgan fingerprint density at radius 2 is 1.80 bits per heavy atom. The quantitative estimate of drug-likeness (QED) is 0.777. The lowest BCUT2D eigenvalue weighted by Crippen LogP contribution is -2.40. The molecule has 2 aliphatic carbocycles. The van der Waals surface area contributed by atoms with E-state index in [1.165, 1.54) is 38.5 Å². The standard InChI is InChI=1S/C16H24ClN3/c1-10-6-4-5-7-13(10)20(3)16-11(2)14(17)18-15(19-16)12-8-9-12/h10,12-13H,4-9H2,1-3H3. The highest BCUT2D eigenvalue weighted by Gasteiger charge is 2.31. The predicted octanol–water partition coefficient (Wildman–Crippen LogP) is 4.33. The molecular formula is C16H24ClN3. The SMILES string of the molecule is Cc1c(Cl)nc(C2CC2)nc1N(C)C1CCCCC1C. The Kier molecular flexibility index (Phi) is 3.89. The second-order valence-corrected chi connectivity index (χ2v) is 6.89. The van der Waals surface area contributed by atoms with Gasteiger partial charge in [-0.3, -0.25) is 0 Å². The van der Waals surface area contributed by atoms with Gasteiger partial charge in [-0.05, 0) is 38.5 Å². The summed E-state index contributed by atoms with van der Waals surface area (Å²) >= 11 is 6.33. The lowest BCUT2D eigenvalue weighted by molar-refractivity contribution is 0.320. The summed E-state index contributed by atoms with van der Waals surface area (Å²) in [6.07, 6.45) is 7.69. The Labute approximate surface area is 126 Å². The van der Waals surface area contributed by atoms with Crippen molar-refractivity contribution in [2.45, 2.75) is 64.3 Å². The Morgan fingerprint density at radius 3 is 2.45 bits per heavy atom. The van der Waals surface area contributed by atoms with Crippen molar-refractivity contribution in [3.63, 3.8) is 0 Å². The molecule has 0 saturated heterocycles. The maximum Gasteiger partial charge on any atom is 0.137 e. The first-order valence-electron chi connectivity index (χ1n) is 7.84. The predicted molar refractivity (Wildman–Crippen MR) is 83.6 cm³/mol. The van der Waals surface area contributed by atoms with Crippen molar-refractivity contribution in [3.05, 3.63) is 16.5 Å². The number of hydrogen-bond donors (Lipinski definition) is 0. The van der Waals surface area contributed by atoms with Crippen LogP contribution in [0.1, 0.15) is 62.8 Å². The molecule has 2 unspecified atom stereocenters. The molecule has 110 valence electrons. The average molecular weight is 294 g/mol. The highest BCUT2D eigenvalue weighted by Crippen LogP contribution is 2.40. The molecule has 1 heterocycles. The number of halogens is 1. The third-order valence-electron chi connectivity index (χ3n) is 4.92. The van der Waals surface area contributed by atoms with Crippen molar-refractivity contribution in [3.8, 4) is 0 Å². The summed E-state index contributed by atoms with van der Waals surface area (Å²) in [6, 6.07) is 0.584. The minimum absolute atomic E-state index is 0.545. The number of hydrogen-bond acceptors (Lipinski definition) is 3. The molecule has 0 amide bonds. The van der Waals surface area contributed by atoms with Gasteiger partial charge < -0.3 is 4.90 Å². The minimum atomic E-state index is 0.545. The van der Waals surface area contributed by atoms with E-state index in [0.717, 1.165) is 23.1 Å². The van der Waals surface area contributed by atoms with Crippen LogP contribution in [0.5, 0.6) is 0 Å². The number of aromatic nitrogens is 2. The number of rotatable bonds is 3. The Morgan fingerprint density at radius 1 is 1.10 bits per heavy atom. The zero-order valence-corrected chi connectivity index (χ0v) is 13.5. The second kappa shape index (κ2) is 5.51. The summed E-state index contributed by atoms with van der Waals surface area (Å²) in [4.78, 5) is 11.7. The molecule has 0 bridgehead atoms. The first-order chi connectivity index (χ1) is 9.58. The fourth-order valence-electron chi connectivity index (χ4n) is 3.39. The van der Waals surface area contributed by atoms with Crippen molar-refractivity contribution in [2.75, 3.05) is 11.9 Å². The largest absolute Gasteiger partial charge is 0.356 e. The second-order valence-electron chi connectivity index (χ2n) is 6.54. The van der Waals surface area contributed by atoms with Crippen molar-refractivity contribution in [1.82, 2.24) is 9.97 Å². The van der Waals surface area contributed by atoms with E-state index in [1.54, 1.807) is 0 Å². The molecule has 3 rings (SSSR count). The number of nitrogens with zero attached hydrogens (tertiary/aromatic N) is 3. The van der Waals surface area contributed by atoms with E-state index < -0.39 is 0 Å². The highest BCUT2D eigenvalue weighted by atomic mass is 35.5. The van der Waals surface area contributed by atoms with E-state index in [0.29, 0.717) is 17.1 Å². The summed E-state index contributed by atoms with van der Waals surface area (Å²) in [5.74, 6) is 3.27. The molecule has 2 atom stereocenters. The monoisotopic (exact) mass is 293 g/mol. The van der Waals surface area contributed by atoms with Gasteiger partial charge in [-0.1, -0.05) is 31.4 Å². The van der Waals surface area contributed by atoms with Gasteiger partial charge in [-0.15, -0.1) is 0 Å². The Balaban J connectivity index is 1.91. The highest BCUT2D eigenvalue weighted by molar-refractivity contribution is 6.30. The van der Waals surface area contributed by atoms with Gasteiger partial charge >= 0.3 is 0 Å².